The summed E-state index contributed by atoms with van der Waals surface area (Å²) >= 11 is 0. The van der Waals surface area contributed by atoms with Crippen molar-refractivity contribution in [1.82, 2.24) is 0 Å². The summed E-state index contributed by atoms with van der Waals surface area (Å²) < 4.78 is 35.9. The van der Waals surface area contributed by atoms with Crippen LogP contribution in [0, 0.1) is 10.1 Å². The average Bonchev–Trinajstić information content (AvgIpc) is 2.17. The third-order valence-corrected chi connectivity index (χ3v) is 2.24. The fourth-order valence-electron chi connectivity index (χ4n) is 0.826. The van der Waals surface area contributed by atoms with Gasteiger partial charge in [0, 0.05) is 6.07 Å². The van der Waals surface area contributed by atoms with E-state index in [0.717, 1.165) is 12.1 Å². The van der Waals surface area contributed by atoms with E-state index in [2.05, 4.69) is 0 Å². The molecule has 0 aromatic heterocycles. The molecule has 0 saturated heterocycles. The lowest BCUT2D eigenvalue weighted by Crippen LogP contribution is -2.13. The molecule has 2 N–H and O–H groups in total. The van der Waals surface area contributed by atoms with Crippen molar-refractivity contribution in [3.05, 3.63) is 34.4 Å². The van der Waals surface area contributed by atoms with E-state index in [4.69, 9.17) is 2.82 Å². The van der Waals surface area contributed by atoms with Crippen LogP contribution in [0.1, 0.15) is 0 Å². The largest absolute Gasteiger partial charge is 0.289 e. The SMILES string of the molecule is [2H]N([2H])S(=O)(=O)c1ccccc1[N+](=O)[O-]. The van der Waals surface area contributed by atoms with E-state index < -0.39 is 30.7 Å². The molecule has 1 rings (SSSR count). The number of rotatable bonds is 3. The maximum absolute atomic E-state index is 11.3. The summed E-state index contributed by atoms with van der Waals surface area (Å²) in [7, 11) is -4.43. The van der Waals surface area contributed by atoms with Gasteiger partial charge >= 0.3 is 0 Å². The molecule has 0 atom stereocenters. The summed E-state index contributed by atoms with van der Waals surface area (Å²) in [6.07, 6.45) is 0. The lowest BCUT2D eigenvalue weighted by Gasteiger charge is -1.98. The van der Waals surface area contributed by atoms with Crippen LogP contribution >= 0.6 is 0 Å². The minimum atomic E-state index is -4.43. The molecular formula is C6H6N2O4S. The number of hydrogen-bond acceptors (Lipinski definition) is 4. The van der Waals surface area contributed by atoms with Crippen LogP contribution in [0.2, 0.25) is 2.82 Å². The van der Waals surface area contributed by atoms with Gasteiger partial charge in [0.25, 0.3) is 5.69 Å². The van der Waals surface area contributed by atoms with Crippen molar-refractivity contribution in [2.24, 2.45) is 5.13 Å². The predicted molar refractivity (Wildman–Crippen MR) is 44.5 cm³/mol. The Balaban J connectivity index is 3.45. The van der Waals surface area contributed by atoms with Crippen molar-refractivity contribution < 1.29 is 16.2 Å². The zero-order valence-electron chi connectivity index (χ0n) is 8.25. The Kier molecular flexibility index (Phi) is 1.67. The van der Waals surface area contributed by atoms with Crippen LogP contribution in [0.25, 0.3) is 0 Å². The van der Waals surface area contributed by atoms with Crippen molar-refractivity contribution >= 4 is 15.7 Å². The maximum atomic E-state index is 11.3. The number of para-hydroxylation sites is 1. The lowest BCUT2D eigenvalue weighted by atomic mass is 10.3. The van der Waals surface area contributed by atoms with Crippen LogP contribution in [-0.2, 0) is 10.0 Å². The zero-order chi connectivity index (χ0) is 11.6. The molecule has 13 heavy (non-hydrogen) atoms. The molecule has 0 unspecified atom stereocenters. The Bertz CT molecular complexity index is 488. The Morgan fingerprint density at radius 2 is 2.08 bits per heavy atom. The number of nitro groups is 1. The molecular weight excluding hydrogens is 196 g/mol. The number of nitrogens with two attached hydrogens (primary N) is 1. The number of primary sulfonamides is 1. The van der Waals surface area contributed by atoms with Gasteiger partial charge in [-0.05, 0) is 6.07 Å². The quantitative estimate of drug-likeness (QED) is 0.562. The van der Waals surface area contributed by atoms with Gasteiger partial charge in [-0.25, -0.2) is 13.5 Å². The second-order valence-corrected chi connectivity index (χ2v) is 3.59. The summed E-state index contributed by atoms with van der Waals surface area (Å²) in [5.74, 6) is 0. The van der Waals surface area contributed by atoms with Gasteiger partial charge < -0.3 is 0 Å². The van der Waals surface area contributed by atoms with Crippen LogP contribution in [0.15, 0.2) is 29.2 Å². The monoisotopic (exact) mass is 204 g/mol. The summed E-state index contributed by atoms with van der Waals surface area (Å²) in [6, 6.07) is 4.55. The first-order chi connectivity index (χ1) is 6.87. The van der Waals surface area contributed by atoms with Crippen LogP contribution in [-0.4, -0.2) is 13.3 Å². The molecule has 70 valence electrons. The molecule has 0 aliphatic carbocycles. The number of nitrogens with zero attached hydrogens (tertiary/aromatic N) is 1. The molecule has 0 heterocycles. The van der Waals surface area contributed by atoms with E-state index in [1.807, 2.05) is 0 Å². The van der Waals surface area contributed by atoms with Gasteiger partial charge in [0.05, 0.1) is 4.92 Å². The highest BCUT2D eigenvalue weighted by Crippen LogP contribution is 2.20. The standard InChI is InChI=1S/C6H6N2O4S/c7-13(11,12)6-4-2-1-3-5(6)8(9)10/h1-4H,(H2,7,11,12)/i/hD2. The average molecular weight is 204 g/mol. The smallest absolute Gasteiger partial charge is 0.258 e. The fourth-order valence-corrected chi connectivity index (χ4v) is 1.48. The first-order valence-electron chi connectivity index (χ1n) is 4.03. The van der Waals surface area contributed by atoms with E-state index in [0.29, 0.717) is 0 Å². The number of sulfonamides is 1. The van der Waals surface area contributed by atoms with Crippen molar-refractivity contribution in [2.75, 3.05) is 0 Å². The molecule has 1 aromatic carbocycles. The minimum absolute atomic E-state index is 0.560. The van der Waals surface area contributed by atoms with Crippen LogP contribution in [0.3, 0.4) is 0 Å². The highest BCUT2D eigenvalue weighted by Gasteiger charge is 2.20. The van der Waals surface area contributed by atoms with E-state index in [1.54, 1.807) is 0 Å². The first kappa shape index (κ1) is 6.98. The molecule has 0 radical (unpaired) electrons. The second-order valence-electron chi connectivity index (χ2n) is 2.20. The molecule has 0 amide bonds. The maximum Gasteiger partial charge on any atom is 0.289 e. The predicted octanol–water partition coefficient (Wildman–Crippen LogP) is 0.242. The minimum Gasteiger partial charge on any atom is -0.258 e. The zero-order valence-corrected chi connectivity index (χ0v) is 7.06. The molecule has 0 aliphatic heterocycles. The number of benzene rings is 1. The molecule has 0 aliphatic rings. The molecule has 0 fully saturated rings. The van der Waals surface area contributed by atoms with Crippen molar-refractivity contribution in [3.8, 4) is 0 Å². The van der Waals surface area contributed by atoms with Gasteiger partial charge in [-0.15, -0.1) is 0 Å². The van der Waals surface area contributed by atoms with Crippen molar-refractivity contribution in [2.45, 2.75) is 4.90 Å². The summed E-state index contributed by atoms with van der Waals surface area (Å²) in [5.41, 5.74) is -0.651. The van der Waals surface area contributed by atoms with E-state index in [-0.39, 0.29) is 0 Å². The topological polar surface area (TPSA) is 103 Å². The third kappa shape index (κ3) is 2.01. The van der Waals surface area contributed by atoms with Crippen LogP contribution in [0.4, 0.5) is 5.69 Å². The molecule has 7 heteroatoms. The Hall–Kier alpha value is -1.47. The number of nitro benzene ring substituents is 1. The molecule has 1 aromatic rings. The van der Waals surface area contributed by atoms with Gasteiger partial charge in [-0.2, -0.15) is 0 Å². The van der Waals surface area contributed by atoms with Gasteiger partial charge in [-0.3, -0.25) is 10.1 Å². The Morgan fingerprint density at radius 1 is 1.46 bits per heavy atom. The first-order valence-corrected chi connectivity index (χ1v) is 4.58. The molecule has 6 nitrogen and oxygen atoms in total. The van der Waals surface area contributed by atoms with Gasteiger partial charge in [0.1, 0.15) is 2.82 Å². The molecule has 0 saturated carbocycles. The second kappa shape index (κ2) is 3.11. The van der Waals surface area contributed by atoms with Crippen LogP contribution < -0.4 is 5.13 Å². The van der Waals surface area contributed by atoms with Crippen molar-refractivity contribution in [1.29, 1.82) is 0 Å². The van der Waals surface area contributed by atoms with Crippen molar-refractivity contribution in [3.63, 3.8) is 0 Å². The van der Waals surface area contributed by atoms with E-state index >= 15 is 0 Å². The van der Waals surface area contributed by atoms with Gasteiger partial charge in [0.2, 0.25) is 10.0 Å². The van der Waals surface area contributed by atoms with Crippen LogP contribution in [0.5, 0.6) is 0 Å². The molecule has 0 spiro atoms. The highest BCUT2D eigenvalue weighted by molar-refractivity contribution is 7.89. The molecule has 0 bridgehead atoms. The van der Waals surface area contributed by atoms with E-state index in [9.17, 15) is 18.5 Å². The summed E-state index contributed by atoms with van der Waals surface area (Å²) in [6.45, 7) is 0. The summed E-state index contributed by atoms with van der Waals surface area (Å²) in [5, 5.41) is 9.93. The fraction of sp³-hybridized carbons (Fsp3) is 0. The van der Waals surface area contributed by atoms with E-state index in [1.165, 1.54) is 12.1 Å². The number of hydrogen-bond donors (Lipinski definition) is 1. The highest BCUT2D eigenvalue weighted by atomic mass is 32.2. The Morgan fingerprint density at radius 3 is 2.62 bits per heavy atom. The Labute approximate surface area is 77.1 Å². The third-order valence-electron chi connectivity index (χ3n) is 1.34. The lowest BCUT2D eigenvalue weighted by molar-refractivity contribution is -0.387. The summed E-state index contributed by atoms with van der Waals surface area (Å²) in [4.78, 5) is 8.95. The normalized spacial score (nSPS) is 13.6. The van der Waals surface area contributed by atoms with Gasteiger partial charge in [-0.1, -0.05) is 12.1 Å². The van der Waals surface area contributed by atoms with Gasteiger partial charge in [0.15, 0.2) is 4.90 Å².